The van der Waals surface area contributed by atoms with Crippen molar-refractivity contribution in [2.24, 2.45) is 0 Å². The predicted molar refractivity (Wildman–Crippen MR) is 94.6 cm³/mol. The molecule has 1 atom stereocenters. The topological polar surface area (TPSA) is 44.8 Å². The summed E-state index contributed by atoms with van der Waals surface area (Å²) in [5, 5.41) is 0. The first kappa shape index (κ1) is 19.3. The van der Waals surface area contributed by atoms with Gasteiger partial charge in [0.1, 0.15) is 0 Å². The Hall–Kier alpha value is -0.713. The van der Waals surface area contributed by atoms with Crippen molar-refractivity contribution in [1.29, 1.82) is 0 Å². The summed E-state index contributed by atoms with van der Waals surface area (Å²) in [5.74, 6) is -0.681. The van der Waals surface area contributed by atoms with Gasteiger partial charge in [0.05, 0.1) is 13.2 Å². The molecule has 0 radical (unpaired) electrons. The summed E-state index contributed by atoms with van der Waals surface area (Å²) < 4.78 is 30.0. The Morgan fingerprint density at radius 1 is 1.09 bits per heavy atom. The highest BCUT2D eigenvalue weighted by atomic mass is 31.2. The van der Waals surface area contributed by atoms with Gasteiger partial charge in [-0.05, 0) is 45.1 Å². The van der Waals surface area contributed by atoms with Gasteiger partial charge in [-0.1, -0.05) is 36.4 Å². The van der Waals surface area contributed by atoms with Gasteiger partial charge >= 0.3 is 7.60 Å². The van der Waals surface area contributed by atoms with Crippen LogP contribution in [0.2, 0.25) is 19.6 Å². The quantitative estimate of drug-likeness (QED) is 0.460. The van der Waals surface area contributed by atoms with Crippen LogP contribution in [0.1, 0.15) is 19.4 Å². The van der Waals surface area contributed by atoms with E-state index in [1.165, 1.54) is 0 Å². The zero-order chi connectivity index (χ0) is 16.6. The van der Waals surface area contributed by atoms with Gasteiger partial charge in [-0.15, -0.1) is 0 Å². The maximum absolute atomic E-state index is 13.0. The third kappa shape index (κ3) is 6.59. The Balaban J connectivity index is 3.06. The molecule has 4 nitrogen and oxygen atoms in total. The third-order valence-electron chi connectivity index (χ3n) is 2.66. The lowest BCUT2D eigenvalue weighted by Crippen LogP contribution is -2.32. The summed E-state index contributed by atoms with van der Waals surface area (Å²) in [7, 11) is -5.25. The second-order valence-electron chi connectivity index (χ2n) is 5.77. The highest BCUT2D eigenvalue weighted by Gasteiger charge is 2.37. The van der Waals surface area contributed by atoms with Crippen LogP contribution in [0.25, 0.3) is 6.08 Å². The van der Waals surface area contributed by atoms with Gasteiger partial charge in [-0.2, -0.15) is 0 Å². The number of hydrogen-bond acceptors (Lipinski definition) is 4. The molecular formula is C16H27O4PSi. The molecule has 124 valence electrons. The van der Waals surface area contributed by atoms with Crippen molar-refractivity contribution in [3.8, 4) is 0 Å². The highest BCUT2D eigenvalue weighted by Crippen LogP contribution is 2.54. The minimum atomic E-state index is -3.34. The van der Waals surface area contributed by atoms with Crippen LogP contribution in [0, 0.1) is 0 Å². The van der Waals surface area contributed by atoms with Crippen LogP contribution >= 0.6 is 7.60 Å². The standard InChI is InChI=1S/C16H27O4PSi/c1-6-18-21(17,19-7-2)16(20-22(3,4)5)14-13-15-11-9-8-10-12-15/h8-14,16H,6-7H2,1-5H3/b14-13+. The van der Waals surface area contributed by atoms with Crippen LogP contribution in [-0.4, -0.2) is 27.4 Å². The molecule has 0 aromatic heterocycles. The summed E-state index contributed by atoms with van der Waals surface area (Å²) in [4.78, 5) is 0. The second-order valence-corrected chi connectivity index (χ2v) is 12.3. The third-order valence-corrected chi connectivity index (χ3v) is 5.95. The summed E-state index contributed by atoms with van der Waals surface area (Å²) in [6.07, 6.45) is 3.69. The molecule has 1 rings (SSSR count). The number of hydrogen-bond donors (Lipinski definition) is 0. The van der Waals surface area contributed by atoms with E-state index in [-0.39, 0.29) is 0 Å². The van der Waals surface area contributed by atoms with Crippen LogP contribution in [-0.2, 0) is 18.0 Å². The molecule has 22 heavy (non-hydrogen) atoms. The minimum Gasteiger partial charge on any atom is -0.401 e. The molecule has 0 bridgehead atoms. The fourth-order valence-corrected chi connectivity index (χ4v) is 5.53. The van der Waals surface area contributed by atoms with Gasteiger partial charge in [0.2, 0.25) is 0 Å². The van der Waals surface area contributed by atoms with Crippen LogP contribution in [0.5, 0.6) is 0 Å². The van der Waals surface area contributed by atoms with Gasteiger partial charge < -0.3 is 13.5 Å². The van der Waals surface area contributed by atoms with Gasteiger partial charge in [0, 0.05) is 0 Å². The lowest BCUT2D eigenvalue weighted by atomic mass is 10.2. The molecule has 1 aromatic rings. The van der Waals surface area contributed by atoms with E-state index in [2.05, 4.69) is 19.6 Å². The van der Waals surface area contributed by atoms with E-state index >= 15 is 0 Å². The Kier molecular flexibility index (Phi) is 7.73. The molecular weight excluding hydrogens is 315 g/mol. The molecule has 0 spiro atoms. The van der Waals surface area contributed by atoms with Crippen LogP contribution in [0.3, 0.4) is 0 Å². The van der Waals surface area contributed by atoms with Gasteiger partial charge in [-0.25, -0.2) is 0 Å². The van der Waals surface area contributed by atoms with E-state index in [1.807, 2.05) is 36.4 Å². The normalized spacial score (nSPS) is 14.4. The Bertz CT molecular complexity index is 501. The largest absolute Gasteiger partial charge is 0.401 e. The van der Waals surface area contributed by atoms with Gasteiger partial charge in [-0.3, -0.25) is 4.57 Å². The van der Waals surface area contributed by atoms with Crippen molar-refractivity contribution in [2.75, 3.05) is 13.2 Å². The maximum atomic E-state index is 13.0. The van der Waals surface area contributed by atoms with Crippen molar-refractivity contribution in [3.05, 3.63) is 42.0 Å². The van der Waals surface area contributed by atoms with E-state index in [9.17, 15) is 4.57 Å². The summed E-state index contributed by atoms with van der Waals surface area (Å²) in [6.45, 7) is 10.4. The van der Waals surface area contributed by atoms with Crippen molar-refractivity contribution < 1.29 is 18.0 Å². The number of benzene rings is 1. The van der Waals surface area contributed by atoms with E-state index < -0.39 is 21.8 Å². The molecule has 0 saturated carbocycles. The molecule has 1 unspecified atom stereocenters. The molecule has 0 fully saturated rings. The first-order valence-electron chi connectivity index (χ1n) is 7.60. The van der Waals surface area contributed by atoms with E-state index in [1.54, 1.807) is 19.9 Å². The highest BCUT2D eigenvalue weighted by molar-refractivity contribution is 7.54. The first-order valence-corrected chi connectivity index (χ1v) is 12.6. The zero-order valence-electron chi connectivity index (χ0n) is 14.1. The minimum absolute atomic E-state index is 0.321. The molecule has 0 aliphatic carbocycles. The van der Waals surface area contributed by atoms with Crippen molar-refractivity contribution in [1.82, 2.24) is 0 Å². The lowest BCUT2D eigenvalue weighted by Gasteiger charge is -2.29. The van der Waals surface area contributed by atoms with E-state index in [4.69, 9.17) is 13.5 Å². The average Bonchev–Trinajstić information content (AvgIpc) is 2.44. The molecule has 0 aliphatic rings. The van der Waals surface area contributed by atoms with Gasteiger partial charge in [0.15, 0.2) is 14.2 Å². The zero-order valence-corrected chi connectivity index (χ0v) is 16.0. The fourth-order valence-electron chi connectivity index (χ4n) is 1.87. The smallest absolute Gasteiger partial charge is 0.361 e. The molecule has 0 saturated heterocycles. The molecule has 0 heterocycles. The molecule has 1 aromatic carbocycles. The fraction of sp³-hybridized carbons (Fsp3) is 0.500. The predicted octanol–water partition coefficient (Wildman–Crippen LogP) is 5.14. The van der Waals surface area contributed by atoms with E-state index in [0.717, 1.165) is 5.56 Å². The summed E-state index contributed by atoms with van der Waals surface area (Å²) in [5.41, 5.74) is 1.02. The Morgan fingerprint density at radius 2 is 1.64 bits per heavy atom. The molecule has 0 amide bonds. The molecule has 6 heteroatoms. The van der Waals surface area contributed by atoms with Crippen LogP contribution in [0.4, 0.5) is 0 Å². The average molecular weight is 342 g/mol. The Morgan fingerprint density at radius 3 is 2.09 bits per heavy atom. The second kappa shape index (κ2) is 8.80. The van der Waals surface area contributed by atoms with Crippen molar-refractivity contribution >= 4 is 22.0 Å². The van der Waals surface area contributed by atoms with Gasteiger partial charge in [0.25, 0.3) is 0 Å². The van der Waals surface area contributed by atoms with Crippen LogP contribution in [0.15, 0.2) is 36.4 Å². The summed E-state index contributed by atoms with van der Waals surface area (Å²) in [6, 6.07) is 9.83. The SMILES string of the molecule is CCOP(=O)(OCC)C(/C=C/c1ccccc1)O[Si](C)(C)C. The molecule has 0 N–H and O–H groups in total. The molecule has 0 aliphatic heterocycles. The van der Waals surface area contributed by atoms with Crippen molar-refractivity contribution in [3.63, 3.8) is 0 Å². The van der Waals surface area contributed by atoms with Crippen molar-refractivity contribution in [2.45, 2.75) is 39.3 Å². The number of rotatable bonds is 9. The van der Waals surface area contributed by atoms with E-state index in [0.29, 0.717) is 13.2 Å². The first-order chi connectivity index (χ1) is 10.3. The van der Waals surface area contributed by atoms with Crippen LogP contribution < -0.4 is 0 Å². The monoisotopic (exact) mass is 342 g/mol. The summed E-state index contributed by atoms with van der Waals surface area (Å²) >= 11 is 0. The Labute approximate surface area is 135 Å². The maximum Gasteiger partial charge on any atom is 0.361 e. The lowest BCUT2D eigenvalue weighted by molar-refractivity contribution is 0.175.